The molecule has 0 aliphatic heterocycles. The Bertz CT molecular complexity index is 799. The summed E-state index contributed by atoms with van der Waals surface area (Å²) in [5.41, 5.74) is 2.39. The summed E-state index contributed by atoms with van der Waals surface area (Å²) in [6.07, 6.45) is 0.560. The Morgan fingerprint density at radius 1 is 1.17 bits per heavy atom. The molecule has 24 heavy (non-hydrogen) atoms. The quantitative estimate of drug-likeness (QED) is 0.567. The minimum Gasteiger partial charge on any atom is -0.396 e. The van der Waals surface area contributed by atoms with Crippen LogP contribution in [0.1, 0.15) is 25.1 Å². The molecule has 0 fully saturated rings. The van der Waals surface area contributed by atoms with Crippen LogP contribution in [0, 0.1) is 6.92 Å². The van der Waals surface area contributed by atoms with Gasteiger partial charge in [-0.15, -0.1) is 0 Å². The SMILES string of the molecule is CC(=O)NC(=Nc1nc(C)c2cc(CCO)ccc2n1)NC(C)=O. The Kier molecular flexibility index (Phi) is 5.54. The average molecular weight is 329 g/mol. The predicted molar refractivity (Wildman–Crippen MR) is 89.8 cm³/mol. The number of aryl methyl sites for hydroxylation is 1. The van der Waals surface area contributed by atoms with Crippen LogP contribution in [0.4, 0.5) is 5.95 Å². The summed E-state index contributed by atoms with van der Waals surface area (Å²) in [7, 11) is 0. The van der Waals surface area contributed by atoms with E-state index in [0.717, 1.165) is 10.9 Å². The van der Waals surface area contributed by atoms with Crippen LogP contribution in [0.15, 0.2) is 23.2 Å². The maximum Gasteiger partial charge on any atom is 0.253 e. The molecule has 0 saturated heterocycles. The molecule has 2 aromatic rings. The van der Waals surface area contributed by atoms with Crippen molar-refractivity contribution in [3.63, 3.8) is 0 Å². The summed E-state index contributed by atoms with van der Waals surface area (Å²) in [5.74, 6) is -0.625. The lowest BCUT2D eigenvalue weighted by Crippen LogP contribution is -2.41. The van der Waals surface area contributed by atoms with Crippen molar-refractivity contribution < 1.29 is 14.7 Å². The third-order valence-corrected chi connectivity index (χ3v) is 3.14. The minimum atomic E-state index is -0.367. The number of guanidine groups is 1. The van der Waals surface area contributed by atoms with Crippen molar-refractivity contribution in [1.29, 1.82) is 0 Å². The van der Waals surface area contributed by atoms with E-state index in [0.29, 0.717) is 17.6 Å². The summed E-state index contributed by atoms with van der Waals surface area (Å²) in [5, 5.41) is 14.7. The van der Waals surface area contributed by atoms with Gasteiger partial charge >= 0.3 is 0 Å². The number of hydrogen-bond donors (Lipinski definition) is 3. The van der Waals surface area contributed by atoms with Gasteiger partial charge in [0.25, 0.3) is 5.95 Å². The largest absolute Gasteiger partial charge is 0.396 e. The maximum atomic E-state index is 11.2. The molecule has 0 spiro atoms. The van der Waals surface area contributed by atoms with Crippen LogP contribution in [0.25, 0.3) is 10.9 Å². The number of aliphatic hydroxyl groups is 1. The lowest BCUT2D eigenvalue weighted by atomic mass is 10.1. The van der Waals surface area contributed by atoms with Gasteiger partial charge in [-0.05, 0) is 31.0 Å². The molecule has 8 heteroatoms. The standard InChI is InChI=1S/C16H19N5O3/c1-9-13-8-12(6-7-22)4-5-14(13)20-15(17-9)21-16(18-10(2)23)19-11(3)24/h4-5,8,22H,6-7H2,1-3H3,(H2,17,18,19,20,21,23,24). The van der Waals surface area contributed by atoms with Crippen molar-refractivity contribution in [3.05, 3.63) is 29.5 Å². The van der Waals surface area contributed by atoms with E-state index in [-0.39, 0.29) is 30.3 Å². The predicted octanol–water partition coefficient (Wildman–Crippen LogP) is 0.733. The lowest BCUT2D eigenvalue weighted by molar-refractivity contribution is -0.117. The molecule has 2 rings (SSSR count). The van der Waals surface area contributed by atoms with Crippen LogP contribution in [-0.4, -0.2) is 39.5 Å². The first-order valence-corrected chi connectivity index (χ1v) is 7.41. The van der Waals surface area contributed by atoms with Crippen molar-refractivity contribution in [2.75, 3.05) is 6.61 Å². The van der Waals surface area contributed by atoms with E-state index >= 15 is 0 Å². The van der Waals surface area contributed by atoms with Crippen LogP contribution < -0.4 is 10.6 Å². The Balaban J connectivity index is 2.44. The number of rotatable bonds is 3. The highest BCUT2D eigenvalue weighted by atomic mass is 16.3. The van der Waals surface area contributed by atoms with Crippen LogP contribution in [0.2, 0.25) is 0 Å². The van der Waals surface area contributed by atoms with Crippen LogP contribution in [0.3, 0.4) is 0 Å². The number of nitrogens with zero attached hydrogens (tertiary/aromatic N) is 3. The molecule has 3 N–H and O–H groups in total. The van der Waals surface area contributed by atoms with E-state index in [4.69, 9.17) is 5.11 Å². The number of amides is 2. The highest BCUT2D eigenvalue weighted by Gasteiger charge is 2.09. The number of nitrogens with one attached hydrogen (secondary N) is 2. The number of aliphatic hydroxyl groups excluding tert-OH is 1. The highest BCUT2D eigenvalue weighted by Crippen LogP contribution is 2.20. The number of aliphatic imine (C=N–C) groups is 1. The maximum absolute atomic E-state index is 11.2. The van der Waals surface area contributed by atoms with Gasteiger partial charge in [0.15, 0.2) is 0 Å². The first kappa shape index (κ1) is 17.5. The van der Waals surface area contributed by atoms with E-state index in [1.807, 2.05) is 25.1 Å². The van der Waals surface area contributed by atoms with Gasteiger partial charge in [0.05, 0.1) is 11.2 Å². The topological polar surface area (TPSA) is 117 Å². The number of aromatic nitrogens is 2. The van der Waals surface area contributed by atoms with E-state index in [9.17, 15) is 9.59 Å². The zero-order valence-corrected chi connectivity index (χ0v) is 13.8. The van der Waals surface area contributed by atoms with E-state index < -0.39 is 0 Å². The molecule has 0 aliphatic carbocycles. The smallest absolute Gasteiger partial charge is 0.253 e. The van der Waals surface area contributed by atoms with Gasteiger partial charge in [-0.3, -0.25) is 20.2 Å². The van der Waals surface area contributed by atoms with E-state index in [2.05, 4.69) is 25.6 Å². The number of hydrogen-bond acceptors (Lipinski definition) is 6. The molecule has 0 saturated carbocycles. The Hall–Kier alpha value is -2.87. The summed E-state index contributed by atoms with van der Waals surface area (Å²) in [6, 6.07) is 5.63. The van der Waals surface area contributed by atoms with Gasteiger partial charge in [0.1, 0.15) is 0 Å². The monoisotopic (exact) mass is 329 g/mol. The average Bonchev–Trinajstić information content (AvgIpc) is 2.47. The first-order chi connectivity index (χ1) is 11.4. The number of carbonyl (C=O) groups excluding carboxylic acids is 2. The van der Waals surface area contributed by atoms with Crippen molar-refractivity contribution in [2.24, 2.45) is 4.99 Å². The minimum absolute atomic E-state index is 0.0225. The third kappa shape index (κ3) is 4.56. The molecule has 2 amide bonds. The Morgan fingerprint density at radius 3 is 2.42 bits per heavy atom. The van der Waals surface area contributed by atoms with E-state index in [1.165, 1.54) is 13.8 Å². The van der Waals surface area contributed by atoms with E-state index in [1.54, 1.807) is 0 Å². The zero-order valence-electron chi connectivity index (χ0n) is 13.8. The summed E-state index contributed by atoms with van der Waals surface area (Å²) in [4.78, 5) is 35.1. The fourth-order valence-corrected chi connectivity index (χ4v) is 2.17. The molecule has 0 atom stereocenters. The molecule has 0 aliphatic rings. The molecule has 0 radical (unpaired) electrons. The normalized spacial score (nSPS) is 10.3. The van der Waals surface area contributed by atoms with Gasteiger partial charge in [-0.25, -0.2) is 9.97 Å². The molecule has 8 nitrogen and oxygen atoms in total. The van der Waals surface area contributed by atoms with Crippen molar-refractivity contribution in [2.45, 2.75) is 27.2 Å². The second-order valence-corrected chi connectivity index (χ2v) is 5.26. The lowest BCUT2D eigenvalue weighted by Gasteiger charge is -2.08. The molecular weight excluding hydrogens is 310 g/mol. The van der Waals surface area contributed by atoms with Gasteiger partial charge in [0, 0.05) is 25.8 Å². The molecule has 0 unspecified atom stereocenters. The molecule has 1 aromatic carbocycles. The summed E-state index contributed by atoms with van der Waals surface area (Å²) < 4.78 is 0. The van der Waals surface area contributed by atoms with Gasteiger partial charge < -0.3 is 5.11 Å². The van der Waals surface area contributed by atoms with Gasteiger partial charge in [0.2, 0.25) is 17.8 Å². The molecule has 1 aromatic heterocycles. The zero-order chi connectivity index (χ0) is 17.7. The Labute approximate surface area is 139 Å². The third-order valence-electron chi connectivity index (χ3n) is 3.14. The molecule has 0 bridgehead atoms. The first-order valence-electron chi connectivity index (χ1n) is 7.41. The second-order valence-electron chi connectivity index (χ2n) is 5.26. The fourth-order valence-electron chi connectivity index (χ4n) is 2.17. The van der Waals surface area contributed by atoms with Gasteiger partial charge in [-0.1, -0.05) is 6.07 Å². The molecule has 1 heterocycles. The van der Waals surface area contributed by atoms with Crippen molar-refractivity contribution >= 4 is 34.6 Å². The summed E-state index contributed by atoms with van der Waals surface area (Å²) in [6.45, 7) is 4.52. The molecule has 126 valence electrons. The number of fused-ring (bicyclic) bond motifs is 1. The molecular formula is C16H19N5O3. The Morgan fingerprint density at radius 2 is 1.83 bits per heavy atom. The summed E-state index contributed by atoms with van der Waals surface area (Å²) >= 11 is 0. The number of benzene rings is 1. The second kappa shape index (κ2) is 7.60. The highest BCUT2D eigenvalue weighted by molar-refractivity contribution is 6.04. The van der Waals surface area contributed by atoms with Gasteiger partial charge in [-0.2, -0.15) is 4.99 Å². The van der Waals surface area contributed by atoms with Crippen molar-refractivity contribution in [3.8, 4) is 0 Å². The van der Waals surface area contributed by atoms with Crippen molar-refractivity contribution in [1.82, 2.24) is 20.6 Å². The van der Waals surface area contributed by atoms with Crippen LogP contribution >= 0.6 is 0 Å². The fraction of sp³-hybridized carbons (Fsp3) is 0.312. The van der Waals surface area contributed by atoms with Crippen LogP contribution in [0.5, 0.6) is 0 Å². The number of carbonyl (C=O) groups is 2. The van der Waals surface area contributed by atoms with Crippen LogP contribution in [-0.2, 0) is 16.0 Å².